The third-order valence-electron chi connectivity index (χ3n) is 1.16. The molecule has 3 nitrogen and oxygen atoms in total. The van der Waals surface area contributed by atoms with Crippen LogP contribution < -0.4 is 0 Å². The lowest BCUT2D eigenvalue weighted by Crippen LogP contribution is -2.04. The zero-order valence-corrected chi connectivity index (χ0v) is 7.13. The molecule has 0 aromatic rings. The maximum atomic E-state index is 10.3. The lowest BCUT2D eigenvalue weighted by atomic mass is 10.3. The minimum Gasteiger partial charge on any atom is -0.478 e. The van der Waals surface area contributed by atoms with E-state index in [2.05, 4.69) is 0 Å². The molecule has 0 bridgehead atoms. The first-order valence-electron chi connectivity index (χ1n) is 3.55. The molecule has 0 atom stereocenters. The second-order valence-electron chi connectivity index (χ2n) is 2.57. The van der Waals surface area contributed by atoms with Gasteiger partial charge in [-0.05, 0) is 26.8 Å². The van der Waals surface area contributed by atoms with Gasteiger partial charge in [0.2, 0.25) is 0 Å². The number of ether oxygens (including phenoxy) is 1. The summed E-state index contributed by atoms with van der Waals surface area (Å²) in [7, 11) is 0. The maximum absolute atomic E-state index is 10.3. The van der Waals surface area contributed by atoms with Crippen molar-refractivity contribution in [3.05, 3.63) is 11.6 Å². The lowest BCUT2D eigenvalue weighted by Gasteiger charge is -2.03. The Bertz CT molecular complexity index is 159. The van der Waals surface area contributed by atoms with Crippen molar-refractivity contribution in [2.45, 2.75) is 26.9 Å². The zero-order valence-electron chi connectivity index (χ0n) is 7.13. The van der Waals surface area contributed by atoms with E-state index in [1.807, 2.05) is 13.8 Å². The molecule has 0 radical (unpaired) electrons. The maximum Gasteiger partial charge on any atom is 0.331 e. The van der Waals surface area contributed by atoms with Crippen LogP contribution in [0.4, 0.5) is 0 Å². The Labute approximate surface area is 66.7 Å². The predicted octanol–water partition coefficient (Wildman–Crippen LogP) is 1.44. The largest absolute Gasteiger partial charge is 0.478 e. The van der Waals surface area contributed by atoms with Crippen LogP contribution in [-0.2, 0) is 9.53 Å². The standard InChI is InChI=1S/C8H14O3/c1-6(2)11-5-4-7(3)8(9)10/h4,6H,5H2,1-3H3,(H,9,10). The van der Waals surface area contributed by atoms with Crippen molar-refractivity contribution in [2.24, 2.45) is 0 Å². The summed E-state index contributed by atoms with van der Waals surface area (Å²) in [4.78, 5) is 10.3. The van der Waals surface area contributed by atoms with Gasteiger partial charge in [0.1, 0.15) is 0 Å². The molecule has 0 aromatic heterocycles. The van der Waals surface area contributed by atoms with Crippen molar-refractivity contribution in [3.8, 4) is 0 Å². The fourth-order valence-corrected chi connectivity index (χ4v) is 0.453. The minimum atomic E-state index is -0.891. The number of hydrogen-bond donors (Lipinski definition) is 1. The number of carboxylic acids is 1. The van der Waals surface area contributed by atoms with Crippen molar-refractivity contribution in [1.82, 2.24) is 0 Å². The van der Waals surface area contributed by atoms with Crippen molar-refractivity contribution in [2.75, 3.05) is 6.61 Å². The molecule has 0 spiro atoms. The number of hydrogen-bond acceptors (Lipinski definition) is 2. The van der Waals surface area contributed by atoms with Crippen LogP contribution in [0.3, 0.4) is 0 Å². The molecule has 0 saturated heterocycles. The van der Waals surface area contributed by atoms with Crippen LogP contribution in [0.1, 0.15) is 20.8 Å². The van der Waals surface area contributed by atoms with E-state index in [1.165, 1.54) is 0 Å². The average Bonchev–Trinajstić information content (AvgIpc) is 1.86. The molecule has 0 heterocycles. The quantitative estimate of drug-likeness (QED) is 0.630. The summed E-state index contributed by atoms with van der Waals surface area (Å²) in [6, 6.07) is 0. The molecule has 0 aliphatic carbocycles. The van der Waals surface area contributed by atoms with Gasteiger partial charge in [-0.15, -0.1) is 0 Å². The normalized spacial score (nSPS) is 12.2. The minimum absolute atomic E-state index is 0.146. The molecule has 0 aromatic carbocycles. The summed E-state index contributed by atoms with van der Waals surface area (Å²) in [6.07, 6.45) is 1.70. The molecule has 0 unspecified atom stereocenters. The van der Waals surface area contributed by atoms with Gasteiger partial charge in [-0.1, -0.05) is 0 Å². The van der Waals surface area contributed by atoms with Crippen molar-refractivity contribution in [3.63, 3.8) is 0 Å². The highest BCUT2D eigenvalue weighted by atomic mass is 16.5. The highest BCUT2D eigenvalue weighted by molar-refractivity contribution is 5.85. The summed E-state index contributed by atoms with van der Waals surface area (Å²) in [6.45, 7) is 5.73. The van der Waals surface area contributed by atoms with E-state index in [9.17, 15) is 4.79 Å². The van der Waals surface area contributed by atoms with Gasteiger partial charge in [0.25, 0.3) is 0 Å². The highest BCUT2D eigenvalue weighted by Gasteiger charge is 1.98. The first-order chi connectivity index (χ1) is 5.04. The van der Waals surface area contributed by atoms with E-state index in [0.717, 1.165) is 0 Å². The van der Waals surface area contributed by atoms with Crippen LogP contribution in [0.2, 0.25) is 0 Å². The van der Waals surface area contributed by atoms with Gasteiger partial charge in [-0.25, -0.2) is 4.79 Å². The summed E-state index contributed by atoms with van der Waals surface area (Å²) >= 11 is 0. The topological polar surface area (TPSA) is 46.5 Å². The SMILES string of the molecule is CC(=CCOC(C)C)C(=O)O. The van der Waals surface area contributed by atoms with E-state index in [4.69, 9.17) is 9.84 Å². The Morgan fingerprint density at radius 1 is 1.64 bits per heavy atom. The van der Waals surface area contributed by atoms with E-state index < -0.39 is 5.97 Å². The molecule has 0 aliphatic heterocycles. The van der Waals surface area contributed by atoms with Gasteiger partial charge in [0, 0.05) is 5.57 Å². The van der Waals surface area contributed by atoms with Gasteiger partial charge in [-0.2, -0.15) is 0 Å². The third kappa shape index (κ3) is 5.61. The predicted molar refractivity (Wildman–Crippen MR) is 42.5 cm³/mol. The number of carbonyl (C=O) groups is 1. The van der Waals surface area contributed by atoms with Gasteiger partial charge in [-0.3, -0.25) is 0 Å². The first kappa shape index (κ1) is 10.2. The molecular weight excluding hydrogens is 144 g/mol. The molecule has 0 rings (SSSR count). The number of rotatable bonds is 4. The van der Waals surface area contributed by atoms with Crippen molar-refractivity contribution < 1.29 is 14.6 Å². The Hall–Kier alpha value is -0.830. The highest BCUT2D eigenvalue weighted by Crippen LogP contribution is 1.94. The molecule has 0 saturated carbocycles. The van der Waals surface area contributed by atoms with E-state index in [1.54, 1.807) is 13.0 Å². The molecular formula is C8H14O3. The Morgan fingerprint density at radius 2 is 2.18 bits per heavy atom. The Kier molecular flexibility index (Phi) is 4.54. The Morgan fingerprint density at radius 3 is 2.55 bits per heavy atom. The Balaban J connectivity index is 3.65. The van der Waals surface area contributed by atoms with Gasteiger partial charge < -0.3 is 9.84 Å². The molecule has 3 heteroatoms. The molecule has 1 N–H and O–H groups in total. The van der Waals surface area contributed by atoms with Crippen molar-refractivity contribution >= 4 is 5.97 Å². The van der Waals surface area contributed by atoms with Gasteiger partial charge in [0.15, 0.2) is 0 Å². The number of aliphatic carboxylic acids is 1. The lowest BCUT2D eigenvalue weighted by molar-refractivity contribution is -0.132. The molecule has 11 heavy (non-hydrogen) atoms. The van der Waals surface area contributed by atoms with Crippen LogP contribution in [0.5, 0.6) is 0 Å². The zero-order chi connectivity index (χ0) is 8.85. The summed E-state index contributed by atoms with van der Waals surface area (Å²) in [5.74, 6) is -0.891. The van der Waals surface area contributed by atoms with E-state index in [-0.39, 0.29) is 6.10 Å². The molecule has 64 valence electrons. The van der Waals surface area contributed by atoms with Gasteiger partial charge in [0.05, 0.1) is 12.7 Å². The summed E-state index contributed by atoms with van der Waals surface area (Å²) < 4.78 is 5.12. The molecule has 0 aliphatic rings. The summed E-state index contributed by atoms with van der Waals surface area (Å²) in [5, 5.41) is 8.42. The molecule has 0 fully saturated rings. The second kappa shape index (κ2) is 4.91. The summed E-state index contributed by atoms with van der Waals surface area (Å²) in [5.41, 5.74) is 0.325. The number of carboxylic acid groups (broad SMARTS) is 1. The van der Waals surface area contributed by atoms with Crippen LogP contribution in [0.15, 0.2) is 11.6 Å². The average molecular weight is 158 g/mol. The smallest absolute Gasteiger partial charge is 0.331 e. The van der Waals surface area contributed by atoms with Crippen LogP contribution in [0.25, 0.3) is 0 Å². The monoisotopic (exact) mass is 158 g/mol. The van der Waals surface area contributed by atoms with Crippen LogP contribution in [-0.4, -0.2) is 23.8 Å². The van der Waals surface area contributed by atoms with Crippen LogP contribution in [0, 0.1) is 0 Å². The van der Waals surface area contributed by atoms with E-state index >= 15 is 0 Å². The van der Waals surface area contributed by atoms with Crippen molar-refractivity contribution in [1.29, 1.82) is 0 Å². The fourth-order valence-electron chi connectivity index (χ4n) is 0.453. The fraction of sp³-hybridized carbons (Fsp3) is 0.625. The van der Waals surface area contributed by atoms with E-state index in [0.29, 0.717) is 12.2 Å². The first-order valence-corrected chi connectivity index (χ1v) is 3.55. The molecule has 0 amide bonds. The van der Waals surface area contributed by atoms with Crippen LogP contribution >= 0.6 is 0 Å². The third-order valence-corrected chi connectivity index (χ3v) is 1.16. The second-order valence-corrected chi connectivity index (χ2v) is 2.57. The van der Waals surface area contributed by atoms with Gasteiger partial charge >= 0.3 is 5.97 Å².